The average Bonchev–Trinajstić information content (AvgIpc) is 3.15. The molecule has 0 saturated heterocycles. The van der Waals surface area contributed by atoms with E-state index >= 15 is 0 Å². The van der Waals surface area contributed by atoms with Gasteiger partial charge in [-0.3, -0.25) is 15.2 Å². The Balaban J connectivity index is 1.45. The van der Waals surface area contributed by atoms with E-state index in [1.807, 2.05) is 18.2 Å². The number of rotatable bonds is 7. The number of hydrazine groups is 1. The van der Waals surface area contributed by atoms with E-state index in [1.54, 1.807) is 48.8 Å². The van der Waals surface area contributed by atoms with Crippen LogP contribution in [0.2, 0.25) is 0 Å². The van der Waals surface area contributed by atoms with Crippen LogP contribution < -0.4 is 15.5 Å². The van der Waals surface area contributed by atoms with Crippen molar-refractivity contribution in [2.45, 2.75) is 45.1 Å². The molecule has 0 spiro atoms. The number of carbonyl (C=O) groups is 1. The van der Waals surface area contributed by atoms with Gasteiger partial charge in [-0.15, -0.1) is 0 Å². The molecule has 8 heteroatoms. The monoisotopic (exact) mass is 439 g/mol. The van der Waals surface area contributed by atoms with Gasteiger partial charge in [-0.05, 0) is 43.9 Å². The zero-order valence-electron chi connectivity index (χ0n) is 18.2. The molecule has 1 aliphatic carbocycles. The molecule has 1 atom stereocenters. The number of hydrogen-bond donors (Lipinski definition) is 2. The molecule has 4 rings (SSSR count). The van der Waals surface area contributed by atoms with Gasteiger partial charge in [-0.1, -0.05) is 30.6 Å². The lowest BCUT2D eigenvalue weighted by Gasteiger charge is -2.28. The molecule has 1 fully saturated rings. The van der Waals surface area contributed by atoms with Gasteiger partial charge in [0, 0.05) is 38.5 Å². The fourth-order valence-corrected chi connectivity index (χ4v) is 4.96. The number of carbonyl (C=O) groups excluding carboxylic acids is 1. The van der Waals surface area contributed by atoms with E-state index < -0.39 is 0 Å². The summed E-state index contributed by atoms with van der Waals surface area (Å²) in [7, 11) is 3.50. The summed E-state index contributed by atoms with van der Waals surface area (Å²) in [6.45, 7) is 2.27. The molecule has 2 aromatic heterocycles. The summed E-state index contributed by atoms with van der Waals surface area (Å²) in [6, 6.07) is 9.66. The number of hydrogen-bond acceptors (Lipinski definition) is 7. The third kappa shape index (κ3) is 5.51. The van der Waals surface area contributed by atoms with Crippen LogP contribution in [0.5, 0.6) is 11.5 Å². The number of aromatic nitrogens is 2. The van der Waals surface area contributed by atoms with Crippen LogP contribution in [0.25, 0.3) is 10.2 Å². The predicted octanol–water partition coefficient (Wildman–Crippen LogP) is 5.07. The quantitative estimate of drug-likeness (QED) is 0.500. The van der Waals surface area contributed by atoms with Crippen molar-refractivity contribution in [1.82, 2.24) is 20.4 Å². The Kier molecular flexibility index (Phi) is 6.67. The maximum atomic E-state index is 12.2. The van der Waals surface area contributed by atoms with Crippen LogP contribution in [0.15, 0.2) is 36.5 Å². The van der Waals surface area contributed by atoms with Crippen molar-refractivity contribution in [3.8, 4) is 11.5 Å². The molecule has 1 amide bonds. The first-order valence-electron chi connectivity index (χ1n) is 10.8. The maximum Gasteiger partial charge on any atom is 0.284 e. The van der Waals surface area contributed by atoms with Crippen LogP contribution in [-0.4, -0.2) is 41.0 Å². The number of nitrogens with one attached hydrogen (secondary N) is 2. The minimum absolute atomic E-state index is 0.281. The van der Waals surface area contributed by atoms with Crippen molar-refractivity contribution in [1.29, 1.82) is 0 Å². The van der Waals surface area contributed by atoms with Crippen molar-refractivity contribution in [3.63, 3.8) is 0 Å². The smallest absolute Gasteiger partial charge is 0.284 e. The molecule has 1 aromatic carbocycles. The molecule has 1 aliphatic rings. The van der Waals surface area contributed by atoms with E-state index in [0.717, 1.165) is 21.3 Å². The molecule has 2 heterocycles. The summed E-state index contributed by atoms with van der Waals surface area (Å²) in [6.07, 6.45) is 8.22. The average molecular weight is 440 g/mol. The van der Waals surface area contributed by atoms with Crippen molar-refractivity contribution in [3.05, 3.63) is 42.2 Å². The first-order chi connectivity index (χ1) is 15.0. The number of benzene rings is 1. The van der Waals surface area contributed by atoms with Crippen LogP contribution in [0, 0.1) is 5.92 Å². The molecule has 3 aromatic rings. The molecule has 1 unspecified atom stereocenters. The van der Waals surface area contributed by atoms with E-state index in [-0.39, 0.29) is 5.91 Å². The van der Waals surface area contributed by atoms with Gasteiger partial charge < -0.3 is 10.1 Å². The first kappa shape index (κ1) is 21.5. The molecule has 0 aliphatic heterocycles. The van der Waals surface area contributed by atoms with Crippen LogP contribution in [-0.2, 0) is 0 Å². The van der Waals surface area contributed by atoms with Crippen LogP contribution >= 0.6 is 11.3 Å². The Morgan fingerprint density at radius 1 is 1.16 bits per heavy atom. The number of pyridine rings is 1. The standard InChI is InChI=1S/C23H29N5O2S/c1-15(16-7-5-4-6-8-16)25-23-26-19-10-9-17(14-21(19)31-23)30-18-11-12-24-20(13-18)22(29)27-28(2)3/h9-16H,4-8H2,1-3H3,(H,25,26)(H,27,29). The zero-order chi connectivity index (χ0) is 21.8. The van der Waals surface area contributed by atoms with E-state index in [1.165, 1.54) is 32.1 Å². The van der Waals surface area contributed by atoms with E-state index in [4.69, 9.17) is 9.72 Å². The fourth-order valence-electron chi connectivity index (χ4n) is 3.97. The fraction of sp³-hybridized carbons (Fsp3) is 0.435. The van der Waals surface area contributed by atoms with Crippen molar-refractivity contribution >= 4 is 32.6 Å². The van der Waals surface area contributed by atoms with Crippen LogP contribution in [0.3, 0.4) is 0 Å². The number of nitrogens with zero attached hydrogens (tertiary/aromatic N) is 3. The molecular weight excluding hydrogens is 410 g/mol. The normalized spacial score (nSPS) is 15.7. The van der Waals surface area contributed by atoms with Gasteiger partial charge in [0.05, 0.1) is 10.2 Å². The highest BCUT2D eigenvalue weighted by Crippen LogP contribution is 2.33. The second kappa shape index (κ2) is 9.62. The highest BCUT2D eigenvalue weighted by atomic mass is 32.1. The number of ether oxygens (including phenoxy) is 1. The topological polar surface area (TPSA) is 79.4 Å². The third-order valence-corrected chi connectivity index (χ3v) is 6.54. The van der Waals surface area contributed by atoms with Gasteiger partial charge in [-0.25, -0.2) is 9.99 Å². The summed E-state index contributed by atoms with van der Waals surface area (Å²) in [5.41, 5.74) is 3.93. The Morgan fingerprint density at radius 3 is 2.71 bits per heavy atom. The molecule has 0 radical (unpaired) electrons. The SMILES string of the molecule is CC(Nc1nc2ccc(Oc3ccnc(C(=O)NN(C)C)c3)cc2s1)C1CCCCC1. The van der Waals surface area contributed by atoms with Gasteiger partial charge in [0.1, 0.15) is 17.2 Å². The van der Waals surface area contributed by atoms with Crippen LogP contribution in [0.1, 0.15) is 49.5 Å². The summed E-state index contributed by atoms with van der Waals surface area (Å²) < 4.78 is 7.06. The lowest BCUT2D eigenvalue weighted by molar-refractivity contribution is 0.0851. The second-order valence-corrected chi connectivity index (χ2v) is 9.32. The van der Waals surface area contributed by atoms with Crippen molar-refractivity contribution < 1.29 is 9.53 Å². The lowest BCUT2D eigenvalue weighted by Crippen LogP contribution is -2.36. The Morgan fingerprint density at radius 2 is 1.94 bits per heavy atom. The lowest BCUT2D eigenvalue weighted by atomic mass is 9.85. The van der Waals surface area contributed by atoms with Crippen molar-refractivity contribution in [2.24, 2.45) is 5.92 Å². The molecule has 2 N–H and O–H groups in total. The maximum absolute atomic E-state index is 12.2. The molecule has 164 valence electrons. The molecule has 31 heavy (non-hydrogen) atoms. The highest BCUT2D eigenvalue weighted by molar-refractivity contribution is 7.22. The van der Waals surface area contributed by atoms with Crippen molar-refractivity contribution in [2.75, 3.05) is 19.4 Å². The molecular formula is C23H29N5O2S. The summed E-state index contributed by atoms with van der Waals surface area (Å²) in [5.74, 6) is 1.71. The van der Waals surface area contributed by atoms with Gasteiger partial charge in [-0.2, -0.15) is 0 Å². The van der Waals surface area contributed by atoms with E-state index in [0.29, 0.717) is 23.2 Å². The third-order valence-electron chi connectivity index (χ3n) is 5.59. The van der Waals surface area contributed by atoms with E-state index in [9.17, 15) is 4.79 Å². The van der Waals surface area contributed by atoms with Gasteiger partial charge >= 0.3 is 0 Å². The second-order valence-electron chi connectivity index (χ2n) is 8.29. The van der Waals surface area contributed by atoms with Gasteiger partial charge in [0.25, 0.3) is 5.91 Å². The number of amides is 1. The zero-order valence-corrected chi connectivity index (χ0v) is 19.0. The van der Waals surface area contributed by atoms with Gasteiger partial charge in [0.2, 0.25) is 0 Å². The first-order valence-corrected chi connectivity index (χ1v) is 11.6. The molecule has 7 nitrogen and oxygen atoms in total. The number of fused-ring (bicyclic) bond motifs is 1. The Hall–Kier alpha value is -2.71. The van der Waals surface area contributed by atoms with E-state index in [2.05, 4.69) is 22.7 Å². The van der Waals surface area contributed by atoms with Gasteiger partial charge in [0.15, 0.2) is 5.13 Å². The Labute approximate surface area is 186 Å². The predicted molar refractivity (Wildman–Crippen MR) is 125 cm³/mol. The molecule has 0 bridgehead atoms. The highest BCUT2D eigenvalue weighted by Gasteiger charge is 2.21. The molecule has 1 saturated carbocycles. The number of thiazole rings is 1. The minimum Gasteiger partial charge on any atom is -0.457 e. The number of anilines is 1. The minimum atomic E-state index is -0.281. The Bertz CT molecular complexity index is 1050. The summed E-state index contributed by atoms with van der Waals surface area (Å²) in [5, 5.41) is 6.15. The largest absolute Gasteiger partial charge is 0.457 e. The van der Waals surface area contributed by atoms with Crippen LogP contribution in [0.4, 0.5) is 5.13 Å². The summed E-state index contributed by atoms with van der Waals surface area (Å²) in [4.78, 5) is 21.0. The summed E-state index contributed by atoms with van der Waals surface area (Å²) >= 11 is 1.65.